The first kappa shape index (κ1) is 12.7. The summed E-state index contributed by atoms with van der Waals surface area (Å²) in [4.78, 5) is 4.75. The van der Waals surface area contributed by atoms with Gasteiger partial charge in [0.05, 0.1) is 17.6 Å². The highest BCUT2D eigenvalue weighted by atomic mass is 16.3. The predicted molar refractivity (Wildman–Crippen MR) is 77.4 cm³/mol. The first-order valence-corrected chi connectivity index (χ1v) is 6.96. The highest BCUT2D eigenvalue weighted by molar-refractivity contribution is 5.77. The Morgan fingerprint density at radius 2 is 2.00 bits per heavy atom. The molecule has 1 heterocycles. The van der Waals surface area contributed by atoms with Gasteiger partial charge in [-0.25, -0.2) is 4.98 Å². The maximum absolute atomic E-state index is 9.56. The standard InChI is InChI=1S/C16H22N2O/c1-15(2,3)14-17-12-6-5-11(9-13(12)18(14)4)16(10-19)7-8-16/h5-6,9,19H,7-8,10H2,1-4H3. The van der Waals surface area contributed by atoms with E-state index in [9.17, 15) is 5.11 Å². The van der Waals surface area contributed by atoms with Crippen molar-refractivity contribution in [3.63, 3.8) is 0 Å². The van der Waals surface area contributed by atoms with Crippen molar-refractivity contribution in [2.24, 2.45) is 7.05 Å². The first-order chi connectivity index (χ1) is 8.87. The highest BCUT2D eigenvalue weighted by Gasteiger charge is 2.43. The van der Waals surface area contributed by atoms with Crippen LogP contribution in [0.3, 0.4) is 0 Å². The molecule has 0 saturated heterocycles. The van der Waals surface area contributed by atoms with Crippen LogP contribution >= 0.6 is 0 Å². The highest BCUT2D eigenvalue weighted by Crippen LogP contribution is 2.48. The van der Waals surface area contributed by atoms with Gasteiger partial charge in [-0.1, -0.05) is 26.8 Å². The van der Waals surface area contributed by atoms with E-state index in [1.807, 2.05) is 0 Å². The summed E-state index contributed by atoms with van der Waals surface area (Å²) in [5, 5.41) is 9.56. The zero-order valence-electron chi connectivity index (χ0n) is 12.2. The van der Waals surface area contributed by atoms with E-state index in [0.29, 0.717) is 0 Å². The molecule has 1 N–H and O–H groups in total. The van der Waals surface area contributed by atoms with E-state index in [-0.39, 0.29) is 17.4 Å². The second-order valence-corrected chi connectivity index (χ2v) is 6.89. The number of aliphatic hydroxyl groups excluding tert-OH is 1. The molecule has 0 aliphatic heterocycles. The zero-order valence-corrected chi connectivity index (χ0v) is 12.2. The molecule has 0 atom stereocenters. The molecular weight excluding hydrogens is 236 g/mol. The van der Waals surface area contributed by atoms with Crippen LogP contribution in [-0.4, -0.2) is 21.3 Å². The molecular formula is C16H22N2O. The van der Waals surface area contributed by atoms with E-state index in [1.54, 1.807) is 0 Å². The van der Waals surface area contributed by atoms with E-state index in [2.05, 4.69) is 50.6 Å². The van der Waals surface area contributed by atoms with E-state index >= 15 is 0 Å². The Bertz CT molecular complexity index is 630. The fourth-order valence-electron chi connectivity index (χ4n) is 2.88. The SMILES string of the molecule is Cn1c(C(C)(C)C)nc2ccc(C3(CO)CC3)cc21. The molecule has 3 rings (SSSR count). The van der Waals surface area contributed by atoms with Crippen molar-refractivity contribution in [3.05, 3.63) is 29.6 Å². The van der Waals surface area contributed by atoms with Gasteiger partial charge in [0.2, 0.25) is 0 Å². The van der Waals surface area contributed by atoms with Crippen LogP contribution in [0.5, 0.6) is 0 Å². The van der Waals surface area contributed by atoms with Crippen LogP contribution in [0.4, 0.5) is 0 Å². The number of aromatic nitrogens is 2. The molecule has 2 aromatic rings. The first-order valence-electron chi connectivity index (χ1n) is 6.96. The second kappa shape index (κ2) is 3.83. The summed E-state index contributed by atoms with van der Waals surface area (Å²) in [7, 11) is 2.08. The van der Waals surface area contributed by atoms with Crippen molar-refractivity contribution >= 4 is 11.0 Å². The van der Waals surface area contributed by atoms with Gasteiger partial charge in [-0.2, -0.15) is 0 Å². The van der Waals surface area contributed by atoms with Crippen molar-refractivity contribution < 1.29 is 5.11 Å². The lowest BCUT2D eigenvalue weighted by atomic mass is 9.96. The summed E-state index contributed by atoms with van der Waals surface area (Å²) in [6.45, 7) is 6.81. The Labute approximate surface area is 114 Å². The predicted octanol–water partition coefficient (Wildman–Crippen LogP) is 2.89. The summed E-state index contributed by atoms with van der Waals surface area (Å²) in [5.41, 5.74) is 3.54. The van der Waals surface area contributed by atoms with Crippen molar-refractivity contribution in [2.45, 2.75) is 44.4 Å². The topological polar surface area (TPSA) is 38.0 Å². The molecule has 0 amide bonds. The second-order valence-electron chi connectivity index (χ2n) is 6.89. The van der Waals surface area contributed by atoms with Gasteiger partial charge in [0.25, 0.3) is 0 Å². The molecule has 0 radical (unpaired) electrons. The van der Waals surface area contributed by atoms with Crippen LogP contribution in [0.2, 0.25) is 0 Å². The van der Waals surface area contributed by atoms with Crippen molar-refractivity contribution in [2.75, 3.05) is 6.61 Å². The molecule has 1 aromatic carbocycles. The van der Waals surface area contributed by atoms with Crippen LogP contribution in [0, 0.1) is 0 Å². The van der Waals surface area contributed by atoms with Crippen LogP contribution < -0.4 is 0 Å². The molecule has 1 fully saturated rings. The number of benzene rings is 1. The minimum atomic E-state index is 0.0281. The van der Waals surface area contributed by atoms with Crippen molar-refractivity contribution in [3.8, 4) is 0 Å². The molecule has 0 bridgehead atoms. The summed E-state index contributed by atoms with van der Waals surface area (Å²) in [5.74, 6) is 1.11. The summed E-state index contributed by atoms with van der Waals surface area (Å²) >= 11 is 0. The number of aryl methyl sites for hydroxylation is 1. The van der Waals surface area contributed by atoms with Crippen LogP contribution in [0.15, 0.2) is 18.2 Å². The summed E-state index contributed by atoms with van der Waals surface area (Å²) in [6.07, 6.45) is 2.19. The summed E-state index contributed by atoms with van der Waals surface area (Å²) in [6, 6.07) is 6.43. The van der Waals surface area contributed by atoms with Crippen LogP contribution in [-0.2, 0) is 17.9 Å². The minimum Gasteiger partial charge on any atom is -0.395 e. The van der Waals surface area contributed by atoms with Gasteiger partial charge < -0.3 is 9.67 Å². The lowest BCUT2D eigenvalue weighted by Gasteiger charge is -2.17. The van der Waals surface area contributed by atoms with Gasteiger partial charge >= 0.3 is 0 Å². The van der Waals surface area contributed by atoms with Gasteiger partial charge in [0.15, 0.2) is 0 Å². The van der Waals surface area contributed by atoms with Crippen molar-refractivity contribution in [1.82, 2.24) is 9.55 Å². The third-order valence-electron chi connectivity index (χ3n) is 4.32. The van der Waals surface area contributed by atoms with E-state index < -0.39 is 0 Å². The van der Waals surface area contributed by atoms with E-state index in [0.717, 1.165) is 24.2 Å². The Kier molecular flexibility index (Phi) is 2.55. The molecule has 3 heteroatoms. The Morgan fingerprint density at radius 3 is 2.53 bits per heavy atom. The Balaban J connectivity index is 2.16. The molecule has 1 aliphatic carbocycles. The average Bonchev–Trinajstić information content (AvgIpc) is 3.08. The molecule has 1 aromatic heterocycles. The zero-order chi connectivity index (χ0) is 13.8. The molecule has 0 spiro atoms. The number of hydrogen-bond donors (Lipinski definition) is 1. The summed E-state index contributed by atoms with van der Waals surface area (Å²) < 4.78 is 2.19. The normalized spacial score (nSPS) is 17.9. The van der Waals surface area contributed by atoms with Crippen LogP contribution in [0.25, 0.3) is 11.0 Å². The maximum atomic E-state index is 9.56. The lowest BCUT2D eigenvalue weighted by Crippen LogP contribution is -2.17. The van der Waals surface area contributed by atoms with E-state index in [1.165, 1.54) is 11.1 Å². The molecule has 1 saturated carbocycles. The fourth-order valence-corrected chi connectivity index (χ4v) is 2.88. The molecule has 102 valence electrons. The number of fused-ring (bicyclic) bond motifs is 1. The molecule has 0 unspecified atom stereocenters. The van der Waals surface area contributed by atoms with Gasteiger partial charge in [0.1, 0.15) is 5.82 Å². The van der Waals surface area contributed by atoms with E-state index in [4.69, 9.17) is 4.98 Å². The number of hydrogen-bond acceptors (Lipinski definition) is 2. The lowest BCUT2D eigenvalue weighted by molar-refractivity contribution is 0.255. The van der Waals surface area contributed by atoms with Gasteiger partial charge in [0, 0.05) is 17.9 Å². The Morgan fingerprint density at radius 1 is 1.32 bits per heavy atom. The number of nitrogens with zero attached hydrogens (tertiary/aromatic N) is 2. The van der Waals surface area contributed by atoms with Gasteiger partial charge in [-0.3, -0.25) is 0 Å². The average molecular weight is 258 g/mol. The number of imidazole rings is 1. The monoisotopic (exact) mass is 258 g/mol. The van der Waals surface area contributed by atoms with Crippen LogP contribution in [0.1, 0.15) is 45.0 Å². The minimum absolute atomic E-state index is 0.0281. The molecule has 1 aliphatic rings. The maximum Gasteiger partial charge on any atom is 0.115 e. The number of aliphatic hydroxyl groups is 1. The Hall–Kier alpha value is -1.35. The third-order valence-corrected chi connectivity index (χ3v) is 4.32. The van der Waals surface area contributed by atoms with Crippen molar-refractivity contribution in [1.29, 1.82) is 0 Å². The molecule has 19 heavy (non-hydrogen) atoms. The third kappa shape index (κ3) is 1.88. The fraction of sp³-hybridized carbons (Fsp3) is 0.562. The largest absolute Gasteiger partial charge is 0.395 e. The van der Waals surface area contributed by atoms with Gasteiger partial charge in [-0.05, 0) is 30.5 Å². The number of rotatable bonds is 2. The quantitative estimate of drug-likeness (QED) is 0.899. The smallest absolute Gasteiger partial charge is 0.115 e. The van der Waals surface area contributed by atoms with Gasteiger partial charge in [-0.15, -0.1) is 0 Å². The molecule has 3 nitrogen and oxygen atoms in total.